The standard InChI is InChI=1S/C14H19ClN2O2/c15-12-7-1-2-8-13(12)16-14(19)17(9-4-10-18)11-5-3-6-11/h1-2,7-8,11,18H,3-6,9-10H2,(H,16,19). The summed E-state index contributed by atoms with van der Waals surface area (Å²) in [6.07, 6.45) is 3.86. The van der Waals surface area contributed by atoms with Crippen LogP contribution in [0.2, 0.25) is 5.02 Å². The Morgan fingerprint density at radius 2 is 2.16 bits per heavy atom. The molecule has 1 saturated carbocycles. The number of benzene rings is 1. The summed E-state index contributed by atoms with van der Waals surface area (Å²) >= 11 is 6.03. The Hall–Kier alpha value is -1.26. The largest absolute Gasteiger partial charge is 0.396 e. The molecule has 0 radical (unpaired) electrons. The molecule has 1 aromatic rings. The monoisotopic (exact) mass is 282 g/mol. The Kier molecular flexibility index (Phi) is 5.05. The van der Waals surface area contributed by atoms with Crippen molar-refractivity contribution in [2.24, 2.45) is 0 Å². The van der Waals surface area contributed by atoms with Gasteiger partial charge in [0.25, 0.3) is 0 Å². The lowest BCUT2D eigenvalue weighted by Gasteiger charge is -2.37. The Balaban J connectivity index is 2.00. The molecule has 0 aliphatic heterocycles. The minimum absolute atomic E-state index is 0.0998. The van der Waals surface area contributed by atoms with E-state index in [-0.39, 0.29) is 12.6 Å². The molecule has 1 aliphatic rings. The second-order valence-electron chi connectivity index (χ2n) is 4.77. The summed E-state index contributed by atoms with van der Waals surface area (Å²) in [6.45, 7) is 0.681. The van der Waals surface area contributed by atoms with Gasteiger partial charge in [0.2, 0.25) is 0 Å². The maximum absolute atomic E-state index is 12.3. The van der Waals surface area contributed by atoms with Gasteiger partial charge in [-0.25, -0.2) is 4.79 Å². The van der Waals surface area contributed by atoms with Gasteiger partial charge in [-0.1, -0.05) is 23.7 Å². The number of hydrogen-bond donors (Lipinski definition) is 2. The zero-order chi connectivity index (χ0) is 13.7. The van der Waals surface area contributed by atoms with Gasteiger partial charge in [0.05, 0.1) is 10.7 Å². The molecular formula is C14H19ClN2O2. The Labute approximate surface area is 118 Å². The number of aliphatic hydroxyl groups is 1. The number of carbonyl (C=O) groups is 1. The lowest BCUT2D eigenvalue weighted by molar-refractivity contribution is 0.140. The van der Waals surface area contributed by atoms with E-state index in [0.717, 1.165) is 12.8 Å². The van der Waals surface area contributed by atoms with Gasteiger partial charge in [-0.3, -0.25) is 0 Å². The zero-order valence-corrected chi connectivity index (χ0v) is 11.6. The number of nitrogens with zero attached hydrogens (tertiary/aromatic N) is 1. The Morgan fingerprint density at radius 3 is 2.74 bits per heavy atom. The summed E-state index contributed by atoms with van der Waals surface area (Å²) in [5.41, 5.74) is 0.627. The van der Waals surface area contributed by atoms with Crippen LogP contribution in [-0.4, -0.2) is 35.2 Å². The SMILES string of the molecule is O=C(Nc1ccccc1Cl)N(CCCO)C1CCC1. The van der Waals surface area contributed by atoms with Crippen LogP contribution in [-0.2, 0) is 0 Å². The van der Waals surface area contributed by atoms with E-state index in [1.165, 1.54) is 6.42 Å². The van der Waals surface area contributed by atoms with E-state index in [2.05, 4.69) is 5.32 Å². The average molecular weight is 283 g/mol. The molecule has 104 valence electrons. The van der Waals surface area contributed by atoms with Crippen LogP contribution in [0.15, 0.2) is 24.3 Å². The molecule has 1 aliphatic carbocycles. The number of amides is 2. The van der Waals surface area contributed by atoms with Gasteiger partial charge in [-0.15, -0.1) is 0 Å². The fraction of sp³-hybridized carbons (Fsp3) is 0.500. The average Bonchev–Trinajstić information content (AvgIpc) is 2.34. The number of hydrogen-bond acceptors (Lipinski definition) is 2. The summed E-state index contributed by atoms with van der Waals surface area (Å²) in [4.78, 5) is 14.1. The van der Waals surface area contributed by atoms with Gasteiger partial charge < -0.3 is 15.3 Å². The third kappa shape index (κ3) is 3.61. The molecule has 0 bridgehead atoms. The highest BCUT2D eigenvalue weighted by atomic mass is 35.5. The molecule has 19 heavy (non-hydrogen) atoms. The van der Waals surface area contributed by atoms with Crippen molar-refractivity contribution < 1.29 is 9.90 Å². The van der Waals surface area contributed by atoms with Gasteiger partial charge in [-0.2, -0.15) is 0 Å². The van der Waals surface area contributed by atoms with E-state index < -0.39 is 0 Å². The number of urea groups is 1. The summed E-state index contributed by atoms with van der Waals surface area (Å²) < 4.78 is 0. The fourth-order valence-corrected chi connectivity index (χ4v) is 2.32. The smallest absolute Gasteiger partial charge is 0.322 e. The van der Waals surface area contributed by atoms with Crippen molar-refractivity contribution in [1.29, 1.82) is 0 Å². The van der Waals surface area contributed by atoms with E-state index in [4.69, 9.17) is 16.7 Å². The number of halogens is 1. The zero-order valence-electron chi connectivity index (χ0n) is 10.8. The number of carbonyl (C=O) groups excluding carboxylic acids is 1. The van der Waals surface area contributed by atoms with Crippen LogP contribution in [0.3, 0.4) is 0 Å². The molecular weight excluding hydrogens is 264 g/mol. The van der Waals surface area contributed by atoms with Crippen molar-refractivity contribution in [1.82, 2.24) is 4.90 Å². The molecule has 0 heterocycles. The number of nitrogens with one attached hydrogen (secondary N) is 1. The van der Waals surface area contributed by atoms with Gasteiger partial charge >= 0.3 is 6.03 Å². The number of rotatable bonds is 5. The normalized spacial score (nSPS) is 14.8. The highest BCUT2D eigenvalue weighted by Gasteiger charge is 2.28. The minimum Gasteiger partial charge on any atom is -0.396 e. The molecule has 1 fully saturated rings. The van der Waals surface area contributed by atoms with Crippen molar-refractivity contribution in [2.45, 2.75) is 31.7 Å². The topological polar surface area (TPSA) is 52.6 Å². The molecule has 2 amide bonds. The lowest BCUT2D eigenvalue weighted by atomic mass is 9.91. The molecule has 5 heteroatoms. The van der Waals surface area contributed by atoms with Crippen molar-refractivity contribution in [3.8, 4) is 0 Å². The first-order chi connectivity index (χ1) is 9.22. The highest BCUT2D eigenvalue weighted by Crippen LogP contribution is 2.27. The van der Waals surface area contributed by atoms with Crippen LogP contribution in [0.25, 0.3) is 0 Å². The predicted octanol–water partition coefficient (Wildman–Crippen LogP) is 3.11. The molecule has 1 aromatic carbocycles. The van der Waals surface area contributed by atoms with Crippen molar-refractivity contribution in [2.75, 3.05) is 18.5 Å². The van der Waals surface area contributed by atoms with Crippen LogP contribution < -0.4 is 5.32 Å². The molecule has 0 spiro atoms. The number of aliphatic hydroxyl groups excluding tert-OH is 1. The summed E-state index contributed by atoms with van der Waals surface area (Å²) in [7, 11) is 0. The van der Waals surface area contributed by atoms with Crippen LogP contribution in [0.4, 0.5) is 10.5 Å². The summed E-state index contributed by atoms with van der Waals surface area (Å²) in [5, 5.41) is 12.3. The number of para-hydroxylation sites is 1. The van der Waals surface area contributed by atoms with Crippen molar-refractivity contribution in [3.05, 3.63) is 29.3 Å². The van der Waals surface area contributed by atoms with Crippen LogP contribution in [0.1, 0.15) is 25.7 Å². The summed E-state index contributed by atoms with van der Waals surface area (Å²) in [6, 6.07) is 7.36. The highest BCUT2D eigenvalue weighted by molar-refractivity contribution is 6.33. The van der Waals surface area contributed by atoms with Crippen LogP contribution in [0, 0.1) is 0 Å². The Bertz CT molecular complexity index is 435. The van der Waals surface area contributed by atoms with Crippen LogP contribution >= 0.6 is 11.6 Å². The second-order valence-corrected chi connectivity index (χ2v) is 5.17. The minimum atomic E-state index is -0.133. The van der Waals surface area contributed by atoms with E-state index in [1.807, 2.05) is 17.0 Å². The molecule has 0 atom stereocenters. The van der Waals surface area contributed by atoms with E-state index in [0.29, 0.717) is 29.7 Å². The van der Waals surface area contributed by atoms with E-state index in [9.17, 15) is 4.79 Å². The molecule has 4 nitrogen and oxygen atoms in total. The first-order valence-electron chi connectivity index (χ1n) is 6.65. The maximum Gasteiger partial charge on any atom is 0.322 e. The third-order valence-electron chi connectivity index (χ3n) is 3.45. The van der Waals surface area contributed by atoms with Gasteiger partial charge in [0.1, 0.15) is 0 Å². The van der Waals surface area contributed by atoms with Crippen molar-refractivity contribution >= 4 is 23.3 Å². The first kappa shape index (κ1) is 14.2. The quantitative estimate of drug-likeness (QED) is 0.872. The third-order valence-corrected chi connectivity index (χ3v) is 3.78. The molecule has 2 rings (SSSR count). The maximum atomic E-state index is 12.3. The number of anilines is 1. The van der Waals surface area contributed by atoms with E-state index >= 15 is 0 Å². The predicted molar refractivity (Wildman–Crippen MR) is 76.5 cm³/mol. The van der Waals surface area contributed by atoms with Crippen LogP contribution in [0.5, 0.6) is 0 Å². The van der Waals surface area contributed by atoms with Gasteiger partial charge in [0, 0.05) is 19.2 Å². The Morgan fingerprint density at radius 1 is 1.42 bits per heavy atom. The van der Waals surface area contributed by atoms with E-state index in [1.54, 1.807) is 12.1 Å². The van der Waals surface area contributed by atoms with Gasteiger partial charge in [0.15, 0.2) is 0 Å². The first-order valence-corrected chi connectivity index (χ1v) is 7.03. The molecule has 2 N–H and O–H groups in total. The lowest BCUT2D eigenvalue weighted by Crippen LogP contribution is -2.47. The molecule has 0 unspecified atom stereocenters. The fourth-order valence-electron chi connectivity index (χ4n) is 2.14. The van der Waals surface area contributed by atoms with Crippen molar-refractivity contribution in [3.63, 3.8) is 0 Å². The molecule has 0 aromatic heterocycles. The second kappa shape index (κ2) is 6.78. The molecule has 0 saturated heterocycles. The summed E-state index contributed by atoms with van der Waals surface area (Å²) in [5.74, 6) is 0. The van der Waals surface area contributed by atoms with Gasteiger partial charge in [-0.05, 0) is 37.8 Å².